The first-order valence-corrected chi connectivity index (χ1v) is 11.2. The van der Waals surface area contributed by atoms with Crippen LogP contribution in [0.3, 0.4) is 0 Å². The third-order valence-electron chi connectivity index (χ3n) is 6.57. The minimum atomic E-state index is -1.35. The molecule has 2 saturated heterocycles. The molecule has 2 aliphatic heterocycles. The summed E-state index contributed by atoms with van der Waals surface area (Å²) < 4.78 is 13.9. The molecule has 0 aliphatic carbocycles. The Morgan fingerprint density at radius 3 is 2.39 bits per heavy atom. The third kappa shape index (κ3) is 4.88. The van der Waals surface area contributed by atoms with Crippen molar-refractivity contribution in [1.29, 1.82) is 0 Å². The molecule has 2 heterocycles. The summed E-state index contributed by atoms with van der Waals surface area (Å²) in [4.78, 5) is 43.6. The van der Waals surface area contributed by atoms with Crippen LogP contribution in [-0.4, -0.2) is 72.2 Å². The zero-order valence-electron chi connectivity index (χ0n) is 18.7. The van der Waals surface area contributed by atoms with Crippen molar-refractivity contribution in [2.24, 2.45) is 0 Å². The largest absolute Gasteiger partial charge is 0.340 e. The fourth-order valence-corrected chi connectivity index (χ4v) is 4.59. The van der Waals surface area contributed by atoms with Crippen LogP contribution in [0.15, 0.2) is 60.7 Å². The van der Waals surface area contributed by atoms with Gasteiger partial charge in [-0.15, -0.1) is 0 Å². The lowest BCUT2D eigenvalue weighted by Gasteiger charge is -2.36. The molecule has 7 heteroatoms. The maximum Gasteiger partial charge on any atom is 0.240 e. The first-order chi connectivity index (χ1) is 15.9. The highest BCUT2D eigenvalue weighted by Crippen LogP contribution is 2.40. The van der Waals surface area contributed by atoms with Gasteiger partial charge in [-0.05, 0) is 23.3 Å². The second-order valence-corrected chi connectivity index (χ2v) is 8.70. The summed E-state index contributed by atoms with van der Waals surface area (Å²) in [5.41, 5.74) is 0.179. The van der Waals surface area contributed by atoms with Crippen molar-refractivity contribution in [1.82, 2.24) is 14.7 Å². The smallest absolute Gasteiger partial charge is 0.240 e. The number of piperazine rings is 1. The van der Waals surface area contributed by atoms with Gasteiger partial charge in [-0.2, -0.15) is 0 Å². The van der Waals surface area contributed by atoms with Gasteiger partial charge in [0.05, 0.1) is 5.41 Å². The van der Waals surface area contributed by atoms with Gasteiger partial charge in [0.2, 0.25) is 17.7 Å². The molecule has 33 heavy (non-hydrogen) atoms. The van der Waals surface area contributed by atoms with E-state index in [4.69, 9.17) is 0 Å². The number of amides is 3. The standard InChI is InChI=1S/C26H28FN3O3/c1-28-23(31)18-26(25(28)33,21-10-5-11-22(27)17-21)19-24(32)30-15-13-29(14-16-30)12-6-9-20-7-3-2-4-8-20/h2-11,17H,12-16,18-19H2,1H3/b9-6+. The summed E-state index contributed by atoms with van der Waals surface area (Å²) in [6.07, 6.45) is 3.94. The quantitative estimate of drug-likeness (QED) is 0.637. The molecule has 0 spiro atoms. The van der Waals surface area contributed by atoms with E-state index in [2.05, 4.69) is 17.1 Å². The number of carbonyl (C=O) groups excluding carboxylic acids is 3. The fraction of sp³-hybridized carbons (Fsp3) is 0.346. The second kappa shape index (κ2) is 9.67. The number of benzene rings is 2. The fourth-order valence-electron chi connectivity index (χ4n) is 4.59. The number of nitrogens with zero attached hydrogens (tertiary/aromatic N) is 3. The van der Waals surface area contributed by atoms with E-state index in [0.717, 1.165) is 30.1 Å². The SMILES string of the molecule is CN1C(=O)CC(CC(=O)N2CCN(C/C=C/c3ccccc3)CC2)(c2cccc(F)c2)C1=O. The van der Waals surface area contributed by atoms with E-state index in [1.165, 1.54) is 25.2 Å². The lowest BCUT2D eigenvalue weighted by Crippen LogP contribution is -2.50. The molecule has 4 rings (SSSR count). The molecule has 2 aromatic rings. The lowest BCUT2D eigenvalue weighted by atomic mass is 9.75. The molecular weight excluding hydrogens is 421 g/mol. The highest BCUT2D eigenvalue weighted by Gasteiger charge is 2.53. The molecule has 172 valence electrons. The van der Waals surface area contributed by atoms with Crippen LogP contribution >= 0.6 is 0 Å². The van der Waals surface area contributed by atoms with Crippen LogP contribution in [-0.2, 0) is 19.8 Å². The summed E-state index contributed by atoms with van der Waals surface area (Å²) in [6, 6.07) is 15.8. The van der Waals surface area contributed by atoms with Gasteiger partial charge >= 0.3 is 0 Å². The summed E-state index contributed by atoms with van der Waals surface area (Å²) >= 11 is 0. The van der Waals surface area contributed by atoms with Crippen molar-refractivity contribution in [3.8, 4) is 0 Å². The number of rotatable bonds is 6. The molecule has 0 aromatic heterocycles. The first kappa shape index (κ1) is 22.9. The van der Waals surface area contributed by atoms with Gasteiger partial charge in [0.15, 0.2) is 0 Å². The molecule has 2 aliphatic rings. The molecule has 3 amide bonds. The van der Waals surface area contributed by atoms with Crippen molar-refractivity contribution >= 4 is 23.8 Å². The predicted molar refractivity (Wildman–Crippen MR) is 124 cm³/mol. The van der Waals surface area contributed by atoms with Crippen LogP contribution < -0.4 is 0 Å². The van der Waals surface area contributed by atoms with Crippen molar-refractivity contribution in [3.05, 3.63) is 77.6 Å². The molecular formula is C26H28FN3O3. The number of likely N-dealkylation sites (N-methyl/N-ethyl adjacent to an activating group) is 1. The Kier molecular flexibility index (Phi) is 6.70. The number of hydrogen-bond acceptors (Lipinski definition) is 4. The van der Waals surface area contributed by atoms with Crippen molar-refractivity contribution in [2.75, 3.05) is 39.8 Å². The van der Waals surface area contributed by atoms with Crippen LogP contribution in [0, 0.1) is 5.82 Å². The summed E-state index contributed by atoms with van der Waals surface area (Å²) in [5, 5.41) is 0. The van der Waals surface area contributed by atoms with Crippen LogP contribution in [0.4, 0.5) is 4.39 Å². The first-order valence-electron chi connectivity index (χ1n) is 11.2. The number of likely N-dealkylation sites (tertiary alicyclic amines) is 1. The van der Waals surface area contributed by atoms with Gasteiger partial charge in [0.25, 0.3) is 0 Å². The van der Waals surface area contributed by atoms with Crippen molar-refractivity contribution < 1.29 is 18.8 Å². The Bertz CT molecular complexity index is 1060. The van der Waals surface area contributed by atoms with E-state index >= 15 is 0 Å². The van der Waals surface area contributed by atoms with Crippen LogP contribution in [0.25, 0.3) is 6.08 Å². The predicted octanol–water partition coefficient (Wildman–Crippen LogP) is 2.70. The second-order valence-electron chi connectivity index (χ2n) is 8.70. The van der Waals surface area contributed by atoms with Gasteiger partial charge in [-0.3, -0.25) is 24.2 Å². The van der Waals surface area contributed by atoms with Gasteiger partial charge in [-0.25, -0.2) is 4.39 Å². The van der Waals surface area contributed by atoms with E-state index in [1.54, 1.807) is 11.0 Å². The minimum absolute atomic E-state index is 0.123. The topological polar surface area (TPSA) is 60.9 Å². The van der Waals surface area contributed by atoms with E-state index in [1.807, 2.05) is 30.3 Å². The third-order valence-corrected chi connectivity index (χ3v) is 6.57. The average Bonchev–Trinajstić information content (AvgIpc) is 3.04. The van der Waals surface area contributed by atoms with Gasteiger partial charge in [0, 0.05) is 52.6 Å². The number of carbonyl (C=O) groups is 3. The van der Waals surface area contributed by atoms with Crippen molar-refractivity contribution in [3.63, 3.8) is 0 Å². The van der Waals surface area contributed by atoms with Gasteiger partial charge in [0.1, 0.15) is 5.82 Å². The molecule has 2 aromatic carbocycles. The van der Waals surface area contributed by atoms with E-state index < -0.39 is 17.1 Å². The molecule has 1 unspecified atom stereocenters. The summed E-state index contributed by atoms with van der Waals surface area (Å²) in [5.74, 6) is -1.48. The normalized spacial score (nSPS) is 21.9. The number of halogens is 1. The number of imide groups is 1. The van der Waals surface area contributed by atoms with Crippen LogP contribution in [0.2, 0.25) is 0 Å². The van der Waals surface area contributed by atoms with Gasteiger partial charge in [-0.1, -0.05) is 54.6 Å². The van der Waals surface area contributed by atoms with E-state index in [0.29, 0.717) is 18.7 Å². The van der Waals surface area contributed by atoms with Crippen LogP contribution in [0.1, 0.15) is 24.0 Å². The maximum atomic E-state index is 13.9. The summed E-state index contributed by atoms with van der Waals surface area (Å²) in [7, 11) is 1.41. The molecule has 0 bridgehead atoms. The van der Waals surface area contributed by atoms with Crippen molar-refractivity contribution in [2.45, 2.75) is 18.3 Å². The monoisotopic (exact) mass is 449 g/mol. The zero-order valence-corrected chi connectivity index (χ0v) is 18.7. The molecule has 2 fully saturated rings. The molecule has 0 saturated carbocycles. The Balaban J connectivity index is 1.40. The molecule has 6 nitrogen and oxygen atoms in total. The Labute approximate surface area is 193 Å². The van der Waals surface area contributed by atoms with Gasteiger partial charge < -0.3 is 4.90 Å². The highest BCUT2D eigenvalue weighted by molar-refractivity contribution is 6.10. The molecule has 0 radical (unpaired) electrons. The zero-order chi connectivity index (χ0) is 23.4. The Morgan fingerprint density at radius 2 is 1.76 bits per heavy atom. The molecule has 0 N–H and O–H groups in total. The average molecular weight is 450 g/mol. The maximum absolute atomic E-state index is 13.9. The Hall–Kier alpha value is -3.32. The van der Waals surface area contributed by atoms with Crippen LogP contribution in [0.5, 0.6) is 0 Å². The lowest BCUT2D eigenvalue weighted by molar-refractivity contribution is -0.142. The Morgan fingerprint density at radius 1 is 1.03 bits per heavy atom. The van der Waals surface area contributed by atoms with E-state index in [-0.39, 0.29) is 24.7 Å². The minimum Gasteiger partial charge on any atom is -0.340 e. The molecule has 1 atom stereocenters. The van der Waals surface area contributed by atoms with E-state index in [9.17, 15) is 18.8 Å². The number of hydrogen-bond donors (Lipinski definition) is 0. The summed E-state index contributed by atoms with van der Waals surface area (Å²) in [6.45, 7) is 3.35. The highest BCUT2D eigenvalue weighted by atomic mass is 19.1.